The number of aromatic nitrogens is 2. The standard InChI is InChI=1S/C20H15N3O2S/c1-2-4-13(5-3-1)15-11-26-20-18(15)19(21-12-22-20)23-14-6-7-16-17(10-14)25-9-8-24-16/h1-7,10-12H,8-9H2,(H,21,22,23). The molecule has 0 saturated heterocycles. The first-order valence-corrected chi connectivity index (χ1v) is 9.21. The van der Waals surface area contributed by atoms with Crippen molar-refractivity contribution in [2.75, 3.05) is 18.5 Å². The molecule has 1 N–H and O–H groups in total. The molecule has 0 amide bonds. The van der Waals surface area contributed by atoms with Crippen LogP contribution in [-0.2, 0) is 0 Å². The molecule has 26 heavy (non-hydrogen) atoms. The number of nitrogens with one attached hydrogen (secondary N) is 1. The molecule has 5 nitrogen and oxygen atoms in total. The number of nitrogens with zero attached hydrogens (tertiary/aromatic N) is 2. The van der Waals surface area contributed by atoms with Crippen molar-refractivity contribution < 1.29 is 9.47 Å². The first-order valence-electron chi connectivity index (χ1n) is 8.33. The van der Waals surface area contributed by atoms with E-state index in [9.17, 15) is 0 Å². The lowest BCUT2D eigenvalue weighted by Gasteiger charge is -2.19. The fourth-order valence-electron chi connectivity index (χ4n) is 3.06. The predicted molar refractivity (Wildman–Crippen MR) is 104 cm³/mol. The van der Waals surface area contributed by atoms with Crippen molar-refractivity contribution in [2.24, 2.45) is 0 Å². The van der Waals surface area contributed by atoms with E-state index >= 15 is 0 Å². The molecule has 0 unspecified atom stereocenters. The van der Waals surface area contributed by atoms with Gasteiger partial charge < -0.3 is 14.8 Å². The number of hydrogen-bond acceptors (Lipinski definition) is 6. The van der Waals surface area contributed by atoms with E-state index in [1.807, 2.05) is 36.4 Å². The van der Waals surface area contributed by atoms with Crippen molar-refractivity contribution in [3.63, 3.8) is 0 Å². The molecule has 3 heterocycles. The van der Waals surface area contributed by atoms with Gasteiger partial charge >= 0.3 is 0 Å². The second-order valence-corrected chi connectivity index (χ2v) is 6.76. The monoisotopic (exact) mass is 361 g/mol. The summed E-state index contributed by atoms with van der Waals surface area (Å²) >= 11 is 1.62. The molecule has 1 aliphatic rings. The molecular weight excluding hydrogens is 346 g/mol. The number of benzene rings is 2. The van der Waals surface area contributed by atoms with Crippen molar-refractivity contribution in [1.29, 1.82) is 0 Å². The first kappa shape index (κ1) is 15.2. The topological polar surface area (TPSA) is 56.3 Å². The van der Waals surface area contributed by atoms with Crippen molar-refractivity contribution in [2.45, 2.75) is 0 Å². The fraction of sp³-hybridized carbons (Fsp3) is 0.100. The Kier molecular flexibility index (Phi) is 3.68. The van der Waals surface area contributed by atoms with E-state index in [0.29, 0.717) is 13.2 Å². The molecule has 0 radical (unpaired) electrons. The molecule has 0 fully saturated rings. The van der Waals surface area contributed by atoms with Gasteiger partial charge in [-0.3, -0.25) is 0 Å². The highest BCUT2D eigenvalue weighted by Crippen LogP contribution is 2.38. The molecule has 2 aromatic heterocycles. The Morgan fingerprint density at radius 2 is 1.77 bits per heavy atom. The van der Waals surface area contributed by atoms with Crippen LogP contribution in [0.15, 0.2) is 60.2 Å². The molecule has 2 aromatic carbocycles. The minimum absolute atomic E-state index is 0.566. The SMILES string of the molecule is c1ccc(-c2csc3ncnc(Nc4ccc5c(c4)OCCO5)c23)cc1. The van der Waals surface area contributed by atoms with Crippen LogP contribution in [0.4, 0.5) is 11.5 Å². The Morgan fingerprint density at radius 1 is 0.923 bits per heavy atom. The number of thiophene rings is 1. The van der Waals surface area contributed by atoms with Gasteiger partial charge in [0.25, 0.3) is 0 Å². The number of ether oxygens (including phenoxy) is 2. The Morgan fingerprint density at radius 3 is 2.65 bits per heavy atom. The van der Waals surface area contributed by atoms with Gasteiger partial charge in [-0.15, -0.1) is 11.3 Å². The predicted octanol–water partition coefficient (Wildman–Crippen LogP) is 4.87. The maximum Gasteiger partial charge on any atom is 0.163 e. The third kappa shape index (κ3) is 2.64. The molecule has 0 aliphatic carbocycles. The van der Waals surface area contributed by atoms with Gasteiger partial charge in [-0.1, -0.05) is 30.3 Å². The quantitative estimate of drug-likeness (QED) is 0.564. The van der Waals surface area contributed by atoms with Gasteiger partial charge in [-0.25, -0.2) is 9.97 Å². The van der Waals surface area contributed by atoms with E-state index in [1.54, 1.807) is 17.7 Å². The van der Waals surface area contributed by atoms with Gasteiger partial charge in [0.05, 0.1) is 5.39 Å². The summed E-state index contributed by atoms with van der Waals surface area (Å²) in [7, 11) is 0. The van der Waals surface area contributed by atoms with Crippen LogP contribution >= 0.6 is 11.3 Å². The third-order valence-electron chi connectivity index (χ3n) is 4.26. The Balaban J connectivity index is 1.58. The minimum atomic E-state index is 0.566. The Bertz CT molecular complexity index is 1080. The van der Waals surface area contributed by atoms with Crippen LogP contribution < -0.4 is 14.8 Å². The lowest BCUT2D eigenvalue weighted by Crippen LogP contribution is -2.15. The number of hydrogen-bond donors (Lipinski definition) is 1. The van der Waals surface area contributed by atoms with E-state index in [2.05, 4.69) is 32.8 Å². The third-order valence-corrected chi connectivity index (χ3v) is 5.15. The number of anilines is 2. The van der Waals surface area contributed by atoms with Crippen LogP contribution in [0.3, 0.4) is 0 Å². The van der Waals surface area contributed by atoms with Crippen LogP contribution in [-0.4, -0.2) is 23.2 Å². The highest BCUT2D eigenvalue weighted by atomic mass is 32.1. The van der Waals surface area contributed by atoms with Crippen molar-refractivity contribution in [1.82, 2.24) is 9.97 Å². The molecule has 6 heteroatoms. The van der Waals surface area contributed by atoms with Gasteiger partial charge in [0.1, 0.15) is 30.2 Å². The van der Waals surface area contributed by atoms with Crippen LogP contribution in [0.1, 0.15) is 0 Å². The van der Waals surface area contributed by atoms with Crippen LogP contribution in [0.2, 0.25) is 0 Å². The minimum Gasteiger partial charge on any atom is -0.486 e. The van der Waals surface area contributed by atoms with E-state index < -0.39 is 0 Å². The van der Waals surface area contributed by atoms with Crippen LogP contribution in [0.5, 0.6) is 11.5 Å². The average Bonchev–Trinajstić information content (AvgIpc) is 3.14. The highest BCUT2D eigenvalue weighted by molar-refractivity contribution is 7.17. The molecular formula is C20H15N3O2S. The van der Waals surface area contributed by atoms with E-state index in [1.165, 1.54) is 0 Å². The summed E-state index contributed by atoms with van der Waals surface area (Å²) in [4.78, 5) is 9.86. The summed E-state index contributed by atoms with van der Waals surface area (Å²) in [5.41, 5.74) is 3.18. The Hall–Kier alpha value is -3.12. The van der Waals surface area contributed by atoms with Gasteiger partial charge in [0.15, 0.2) is 11.5 Å². The summed E-state index contributed by atoms with van der Waals surface area (Å²) in [6.07, 6.45) is 1.59. The smallest absolute Gasteiger partial charge is 0.163 e. The summed E-state index contributed by atoms with van der Waals surface area (Å²) in [5, 5.41) is 6.57. The second-order valence-electron chi connectivity index (χ2n) is 5.90. The molecule has 4 aromatic rings. The molecule has 1 aliphatic heterocycles. The van der Waals surface area contributed by atoms with E-state index in [0.717, 1.165) is 44.3 Å². The molecule has 0 saturated carbocycles. The second kappa shape index (κ2) is 6.31. The van der Waals surface area contributed by atoms with Gasteiger partial charge in [0.2, 0.25) is 0 Å². The molecule has 5 rings (SSSR count). The lowest BCUT2D eigenvalue weighted by atomic mass is 10.1. The number of rotatable bonds is 3. The van der Waals surface area contributed by atoms with Crippen molar-refractivity contribution in [3.05, 3.63) is 60.2 Å². The van der Waals surface area contributed by atoms with E-state index in [4.69, 9.17) is 9.47 Å². The van der Waals surface area contributed by atoms with Crippen molar-refractivity contribution >= 4 is 33.1 Å². The summed E-state index contributed by atoms with van der Waals surface area (Å²) in [6.45, 7) is 1.15. The Labute approximate surface area is 154 Å². The summed E-state index contributed by atoms with van der Waals surface area (Å²) < 4.78 is 11.3. The van der Waals surface area contributed by atoms with Crippen LogP contribution in [0.25, 0.3) is 21.3 Å². The van der Waals surface area contributed by atoms with E-state index in [-0.39, 0.29) is 0 Å². The normalized spacial score (nSPS) is 12.9. The number of fused-ring (bicyclic) bond motifs is 2. The average molecular weight is 361 g/mol. The van der Waals surface area contributed by atoms with Crippen molar-refractivity contribution in [3.8, 4) is 22.6 Å². The van der Waals surface area contributed by atoms with Crippen LogP contribution in [0, 0.1) is 0 Å². The highest BCUT2D eigenvalue weighted by Gasteiger charge is 2.15. The molecule has 0 spiro atoms. The molecule has 128 valence electrons. The maximum atomic E-state index is 5.67. The van der Waals surface area contributed by atoms with Gasteiger partial charge in [-0.05, 0) is 17.7 Å². The summed E-state index contributed by atoms with van der Waals surface area (Å²) in [5.74, 6) is 2.31. The van der Waals surface area contributed by atoms with Gasteiger partial charge in [-0.2, -0.15) is 0 Å². The molecule has 0 atom stereocenters. The maximum absolute atomic E-state index is 5.67. The zero-order valence-electron chi connectivity index (χ0n) is 13.8. The lowest BCUT2D eigenvalue weighted by molar-refractivity contribution is 0.171. The first-order chi connectivity index (χ1) is 12.9. The summed E-state index contributed by atoms with van der Waals surface area (Å²) in [6, 6.07) is 16.1. The zero-order chi connectivity index (χ0) is 17.3. The fourth-order valence-corrected chi connectivity index (χ4v) is 3.97. The zero-order valence-corrected chi connectivity index (χ0v) is 14.6. The van der Waals surface area contributed by atoms with Gasteiger partial charge in [0, 0.05) is 22.7 Å². The molecule has 0 bridgehead atoms. The largest absolute Gasteiger partial charge is 0.486 e.